The van der Waals surface area contributed by atoms with Crippen LogP contribution in [0.25, 0.3) is 11.3 Å². The maximum absolute atomic E-state index is 13.0. The maximum atomic E-state index is 13.0. The van der Waals surface area contributed by atoms with Gasteiger partial charge in [-0.3, -0.25) is 24.0 Å². The van der Waals surface area contributed by atoms with E-state index in [1.165, 1.54) is 6.07 Å². The molecule has 4 amide bonds. The normalized spacial score (nSPS) is 11.3. The SMILES string of the molecule is CCCCC[C@H](CN(C=O)OCc1ccccc1)C(=O)NCNC(=O)c1ccc(-c2cccc(C(=O)NC)c2)o1. The van der Waals surface area contributed by atoms with Gasteiger partial charge in [-0.15, -0.1) is 0 Å². The van der Waals surface area contributed by atoms with Crippen LogP contribution in [0, 0.1) is 5.92 Å². The lowest BCUT2D eigenvalue weighted by molar-refractivity contribution is -0.182. The van der Waals surface area contributed by atoms with Gasteiger partial charge >= 0.3 is 0 Å². The largest absolute Gasteiger partial charge is 0.451 e. The van der Waals surface area contributed by atoms with Crippen molar-refractivity contribution in [1.29, 1.82) is 0 Å². The highest BCUT2D eigenvalue weighted by Crippen LogP contribution is 2.23. The fourth-order valence-electron chi connectivity index (χ4n) is 4.04. The fourth-order valence-corrected chi connectivity index (χ4v) is 4.04. The molecule has 10 nitrogen and oxygen atoms in total. The lowest BCUT2D eigenvalue weighted by Crippen LogP contribution is -2.43. The van der Waals surface area contributed by atoms with E-state index in [1.54, 1.807) is 37.4 Å². The number of nitrogens with one attached hydrogen (secondary N) is 3. The molecule has 3 rings (SSSR count). The highest BCUT2D eigenvalue weighted by Gasteiger charge is 2.22. The van der Waals surface area contributed by atoms with Crippen molar-refractivity contribution in [2.75, 3.05) is 20.3 Å². The number of rotatable bonds is 16. The lowest BCUT2D eigenvalue weighted by atomic mass is 10.0. The molecule has 0 spiro atoms. The minimum Gasteiger partial charge on any atom is -0.451 e. The van der Waals surface area contributed by atoms with Crippen LogP contribution in [0.3, 0.4) is 0 Å². The second-order valence-electron chi connectivity index (χ2n) is 9.20. The molecule has 0 aliphatic heterocycles. The van der Waals surface area contributed by atoms with Crippen LogP contribution in [-0.4, -0.2) is 49.5 Å². The van der Waals surface area contributed by atoms with E-state index in [2.05, 4.69) is 22.9 Å². The third-order valence-corrected chi connectivity index (χ3v) is 6.26. The Labute approximate surface area is 234 Å². The first-order valence-electron chi connectivity index (χ1n) is 13.3. The average Bonchev–Trinajstić information content (AvgIpc) is 3.49. The molecule has 1 heterocycles. The zero-order valence-electron chi connectivity index (χ0n) is 22.9. The third-order valence-electron chi connectivity index (χ3n) is 6.26. The van der Waals surface area contributed by atoms with Crippen LogP contribution < -0.4 is 16.0 Å². The molecule has 0 fully saturated rings. The van der Waals surface area contributed by atoms with Crippen molar-refractivity contribution in [3.63, 3.8) is 0 Å². The summed E-state index contributed by atoms with van der Waals surface area (Å²) in [6.07, 6.45) is 3.92. The van der Waals surface area contributed by atoms with Gasteiger partial charge in [-0.1, -0.05) is 68.7 Å². The van der Waals surface area contributed by atoms with E-state index in [-0.39, 0.29) is 37.4 Å². The highest BCUT2D eigenvalue weighted by atomic mass is 16.7. The molecular weight excluding hydrogens is 512 g/mol. The Kier molecular flexibility index (Phi) is 11.9. The Morgan fingerprint density at radius 1 is 0.975 bits per heavy atom. The molecule has 10 heteroatoms. The number of hydroxylamine groups is 2. The van der Waals surface area contributed by atoms with Gasteiger partial charge in [0.05, 0.1) is 19.1 Å². The van der Waals surface area contributed by atoms with Crippen molar-refractivity contribution in [3.8, 4) is 11.3 Å². The summed E-state index contributed by atoms with van der Waals surface area (Å²) < 4.78 is 5.68. The second kappa shape index (κ2) is 15.8. The molecule has 0 unspecified atom stereocenters. The van der Waals surface area contributed by atoms with Crippen molar-refractivity contribution in [2.45, 2.75) is 39.2 Å². The summed E-state index contributed by atoms with van der Waals surface area (Å²) in [6, 6.07) is 19.5. The van der Waals surface area contributed by atoms with Crippen molar-refractivity contribution >= 4 is 24.1 Å². The molecule has 3 aromatic rings. The number of furan rings is 1. The fraction of sp³-hybridized carbons (Fsp3) is 0.333. The first-order chi connectivity index (χ1) is 19.4. The molecule has 212 valence electrons. The van der Waals surface area contributed by atoms with Crippen molar-refractivity contribution in [3.05, 3.63) is 83.6 Å². The van der Waals surface area contributed by atoms with E-state index in [9.17, 15) is 19.2 Å². The van der Waals surface area contributed by atoms with Crippen LogP contribution in [0.5, 0.6) is 0 Å². The predicted octanol–water partition coefficient (Wildman–Crippen LogP) is 3.90. The minimum absolute atomic E-state index is 0.0653. The molecule has 0 bridgehead atoms. The average molecular weight is 549 g/mol. The van der Waals surface area contributed by atoms with E-state index in [1.807, 2.05) is 30.3 Å². The summed E-state index contributed by atoms with van der Waals surface area (Å²) in [5, 5.41) is 9.06. The van der Waals surface area contributed by atoms with Crippen molar-refractivity contribution < 1.29 is 28.4 Å². The number of hydrogen-bond donors (Lipinski definition) is 3. The second-order valence-corrected chi connectivity index (χ2v) is 9.20. The summed E-state index contributed by atoms with van der Waals surface area (Å²) in [5.74, 6) is -1.03. The van der Waals surface area contributed by atoms with Gasteiger partial charge in [0, 0.05) is 18.2 Å². The monoisotopic (exact) mass is 548 g/mol. The van der Waals surface area contributed by atoms with Crippen molar-refractivity contribution in [1.82, 2.24) is 21.0 Å². The van der Waals surface area contributed by atoms with Crippen LogP contribution in [0.4, 0.5) is 0 Å². The Hall–Kier alpha value is -4.44. The summed E-state index contributed by atoms with van der Waals surface area (Å²) in [4.78, 5) is 54.7. The van der Waals surface area contributed by atoms with Crippen LogP contribution in [0.1, 0.15) is 59.1 Å². The molecule has 2 aromatic carbocycles. The molecule has 1 aromatic heterocycles. The van der Waals surface area contributed by atoms with Gasteiger partial charge in [0.2, 0.25) is 12.3 Å². The molecule has 0 radical (unpaired) electrons. The zero-order chi connectivity index (χ0) is 28.7. The number of hydrogen-bond acceptors (Lipinski definition) is 6. The first-order valence-corrected chi connectivity index (χ1v) is 13.3. The van der Waals surface area contributed by atoms with E-state index >= 15 is 0 Å². The molecule has 1 atom stereocenters. The van der Waals surface area contributed by atoms with Crippen LogP contribution in [0.2, 0.25) is 0 Å². The molecular formula is C30H36N4O6. The Morgan fingerprint density at radius 3 is 2.50 bits per heavy atom. The van der Waals surface area contributed by atoms with Crippen LogP contribution in [0.15, 0.2) is 71.1 Å². The van der Waals surface area contributed by atoms with Gasteiger partial charge in [-0.2, -0.15) is 0 Å². The molecule has 0 aliphatic rings. The highest BCUT2D eigenvalue weighted by molar-refractivity contribution is 5.95. The van der Waals surface area contributed by atoms with Gasteiger partial charge in [0.1, 0.15) is 12.4 Å². The number of amides is 4. The number of benzene rings is 2. The Balaban J connectivity index is 1.54. The number of carbonyl (C=O) groups excluding carboxylic acids is 4. The summed E-state index contributed by atoms with van der Waals surface area (Å²) >= 11 is 0. The molecule has 3 N–H and O–H groups in total. The smallest absolute Gasteiger partial charge is 0.288 e. The van der Waals surface area contributed by atoms with Gasteiger partial charge in [-0.05, 0) is 36.2 Å². The van der Waals surface area contributed by atoms with Gasteiger partial charge in [0.25, 0.3) is 11.8 Å². The van der Waals surface area contributed by atoms with Gasteiger partial charge in [0.15, 0.2) is 5.76 Å². The quantitative estimate of drug-likeness (QED) is 0.108. The Bertz CT molecular complexity index is 1260. The molecule has 40 heavy (non-hydrogen) atoms. The van der Waals surface area contributed by atoms with E-state index in [4.69, 9.17) is 9.25 Å². The maximum Gasteiger partial charge on any atom is 0.288 e. The van der Waals surface area contributed by atoms with Gasteiger partial charge in [-0.25, -0.2) is 5.06 Å². The Morgan fingerprint density at radius 2 is 1.77 bits per heavy atom. The van der Waals surface area contributed by atoms with E-state index in [0.29, 0.717) is 29.7 Å². The van der Waals surface area contributed by atoms with Crippen molar-refractivity contribution in [2.24, 2.45) is 5.92 Å². The number of carbonyl (C=O) groups is 4. The molecule has 0 saturated carbocycles. The summed E-state index contributed by atoms with van der Waals surface area (Å²) in [5.41, 5.74) is 2.03. The van der Waals surface area contributed by atoms with Gasteiger partial charge < -0.3 is 20.4 Å². The molecule has 0 aliphatic carbocycles. The summed E-state index contributed by atoms with van der Waals surface area (Å²) in [7, 11) is 1.55. The standard InChI is InChI=1S/C30H36N4O6/c1-3-4-6-12-25(18-34(21-35)39-19-22-10-7-5-8-11-22)29(37)32-20-33-30(38)27-16-15-26(40-27)23-13-9-14-24(17-23)28(36)31-2/h5,7-11,13-17,21,25H,3-4,6,12,18-20H2,1-2H3,(H,31,36)(H,32,37)(H,33,38)/t25-/m1/s1. The van der Waals surface area contributed by atoms with E-state index in [0.717, 1.165) is 29.9 Å². The van der Waals surface area contributed by atoms with Crippen LogP contribution in [-0.2, 0) is 21.0 Å². The predicted molar refractivity (Wildman–Crippen MR) is 150 cm³/mol. The third kappa shape index (κ3) is 9.09. The zero-order valence-corrected chi connectivity index (χ0v) is 22.9. The first kappa shape index (κ1) is 30.1. The number of unbranched alkanes of at least 4 members (excludes halogenated alkanes) is 2. The van der Waals surface area contributed by atoms with E-state index < -0.39 is 11.8 Å². The lowest BCUT2D eigenvalue weighted by Gasteiger charge is -2.23. The molecule has 0 saturated heterocycles. The number of nitrogens with zero attached hydrogens (tertiary/aromatic N) is 1. The minimum atomic E-state index is -0.507. The topological polar surface area (TPSA) is 130 Å². The van der Waals surface area contributed by atoms with Crippen LogP contribution >= 0.6 is 0 Å². The summed E-state index contributed by atoms with van der Waals surface area (Å²) in [6.45, 7) is 2.26.